The highest BCUT2D eigenvalue weighted by Crippen LogP contribution is 2.39. The van der Waals surface area contributed by atoms with Crippen LogP contribution in [-0.4, -0.2) is 17.8 Å². The third-order valence-corrected chi connectivity index (χ3v) is 3.78. The van der Waals surface area contributed by atoms with E-state index in [4.69, 9.17) is 9.47 Å². The largest absolute Gasteiger partial charge is 0.340 e. The van der Waals surface area contributed by atoms with Crippen molar-refractivity contribution < 1.29 is 13.9 Å². The first-order chi connectivity index (χ1) is 10.0. The van der Waals surface area contributed by atoms with E-state index in [1.165, 1.54) is 16.7 Å². The number of hydrogen-bond donors (Lipinski definition) is 0. The van der Waals surface area contributed by atoms with Crippen LogP contribution in [0.4, 0.5) is 4.39 Å². The van der Waals surface area contributed by atoms with Gasteiger partial charge in [0.1, 0.15) is 5.82 Å². The maximum absolute atomic E-state index is 13.2. The fourth-order valence-electron chi connectivity index (χ4n) is 2.67. The van der Waals surface area contributed by atoms with Crippen LogP contribution in [0.25, 0.3) is 0 Å². The lowest BCUT2D eigenvalue weighted by Gasteiger charge is -2.29. The van der Waals surface area contributed by atoms with Crippen molar-refractivity contribution in [2.75, 3.05) is 13.2 Å². The molecule has 0 unspecified atom stereocenters. The third kappa shape index (κ3) is 2.18. The van der Waals surface area contributed by atoms with Gasteiger partial charge in [0.2, 0.25) is 5.79 Å². The van der Waals surface area contributed by atoms with Crippen molar-refractivity contribution in [1.29, 1.82) is 0 Å². The summed E-state index contributed by atoms with van der Waals surface area (Å²) in [6.45, 7) is 2.59. The molecule has 0 spiro atoms. The van der Waals surface area contributed by atoms with Gasteiger partial charge in [0.25, 0.3) is 5.56 Å². The second kappa shape index (κ2) is 5.09. The van der Waals surface area contributed by atoms with Crippen molar-refractivity contribution in [3.05, 3.63) is 69.4 Å². The van der Waals surface area contributed by atoms with Crippen molar-refractivity contribution in [3.8, 4) is 0 Å². The van der Waals surface area contributed by atoms with Gasteiger partial charge in [-0.3, -0.25) is 4.79 Å². The van der Waals surface area contributed by atoms with Crippen molar-refractivity contribution >= 4 is 0 Å². The SMILES string of the molecule is Cc1c(C2(c3ccc(F)cc3)OCCO2)ccn(C)c1=O. The van der Waals surface area contributed by atoms with Crippen LogP contribution in [-0.2, 0) is 22.3 Å². The molecule has 3 rings (SSSR count). The first-order valence-corrected chi connectivity index (χ1v) is 6.75. The number of aromatic nitrogens is 1. The summed E-state index contributed by atoms with van der Waals surface area (Å²) in [7, 11) is 1.69. The number of aryl methyl sites for hydroxylation is 1. The van der Waals surface area contributed by atoms with E-state index in [9.17, 15) is 9.18 Å². The minimum Gasteiger partial charge on any atom is -0.340 e. The van der Waals surface area contributed by atoms with E-state index in [0.29, 0.717) is 29.9 Å². The van der Waals surface area contributed by atoms with Crippen LogP contribution in [0.3, 0.4) is 0 Å². The quantitative estimate of drug-likeness (QED) is 0.850. The number of rotatable bonds is 2. The molecule has 1 aliphatic heterocycles. The van der Waals surface area contributed by atoms with E-state index in [1.54, 1.807) is 32.3 Å². The van der Waals surface area contributed by atoms with E-state index in [1.807, 2.05) is 6.07 Å². The molecule has 21 heavy (non-hydrogen) atoms. The second-order valence-corrected chi connectivity index (χ2v) is 5.09. The molecule has 1 aromatic carbocycles. The van der Waals surface area contributed by atoms with E-state index in [0.717, 1.165) is 0 Å². The average Bonchev–Trinajstić information content (AvgIpc) is 2.96. The number of pyridine rings is 1. The fourth-order valence-corrected chi connectivity index (χ4v) is 2.67. The topological polar surface area (TPSA) is 40.5 Å². The lowest BCUT2D eigenvalue weighted by Crippen LogP contribution is -2.33. The van der Waals surface area contributed by atoms with Crippen LogP contribution in [0.5, 0.6) is 0 Å². The molecule has 110 valence electrons. The smallest absolute Gasteiger partial charge is 0.253 e. The summed E-state index contributed by atoms with van der Waals surface area (Å²) in [6, 6.07) is 7.78. The van der Waals surface area contributed by atoms with Crippen LogP contribution in [0.1, 0.15) is 16.7 Å². The van der Waals surface area contributed by atoms with Crippen molar-refractivity contribution in [1.82, 2.24) is 4.57 Å². The first kappa shape index (κ1) is 14.0. The Hall–Kier alpha value is -1.98. The molecular formula is C16H16FNO3. The standard InChI is InChI=1S/C16H16FNO3/c1-11-14(7-8-18(2)15(11)19)16(20-9-10-21-16)12-3-5-13(17)6-4-12/h3-8H,9-10H2,1-2H3. The Morgan fingerprint density at radius 2 is 1.76 bits per heavy atom. The molecular weight excluding hydrogens is 273 g/mol. The molecule has 1 fully saturated rings. The summed E-state index contributed by atoms with van der Waals surface area (Å²) < 4.78 is 26.3. The Bertz CT molecular complexity index is 715. The molecule has 0 aliphatic carbocycles. The summed E-state index contributed by atoms with van der Waals surface area (Å²) in [5.41, 5.74) is 1.80. The van der Waals surface area contributed by atoms with Crippen LogP contribution in [0.2, 0.25) is 0 Å². The van der Waals surface area contributed by atoms with E-state index in [-0.39, 0.29) is 11.4 Å². The van der Waals surface area contributed by atoms with Gasteiger partial charge in [0, 0.05) is 29.9 Å². The number of benzene rings is 1. The molecule has 1 aliphatic rings. The average molecular weight is 289 g/mol. The van der Waals surface area contributed by atoms with E-state index in [2.05, 4.69) is 0 Å². The van der Waals surface area contributed by atoms with Gasteiger partial charge in [0.15, 0.2) is 0 Å². The van der Waals surface area contributed by atoms with Crippen LogP contribution in [0.15, 0.2) is 41.3 Å². The van der Waals surface area contributed by atoms with Gasteiger partial charge >= 0.3 is 0 Å². The van der Waals surface area contributed by atoms with E-state index < -0.39 is 5.79 Å². The summed E-state index contributed by atoms with van der Waals surface area (Å²) in [5.74, 6) is -1.46. The minimum absolute atomic E-state index is 0.104. The maximum atomic E-state index is 13.2. The number of hydrogen-bond acceptors (Lipinski definition) is 3. The van der Waals surface area contributed by atoms with Crippen molar-refractivity contribution in [2.45, 2.75) is 12.7 Å². The molecule has 2 aromatic rings. The zero-order chi connectivity index (χ0) is 15.0. The van der Waals surface area contributed by atoms with Gasteiger partial charge < -0.3 is 14.0 Å². The summed E-state index contributed by atoms with van der Waals surface area (Å²) in [5, 5.41) is 0. The van der Waals surface area contributed by atoms with Crippen LogP contribution < -0.4 is 5.56 Å². The van der Waals surface area contributed by atoms with Gasteiger partial charge in [-0.2, -0.15) is 0 Å². The molecule has 1 aromatic heterocycles. The number of nitrogens with zero attached hydrogens (tertiary/aromatic N) is 1. The molecule has 0 radical (unpaired) electrons. The molecule has 0 amide bonds. The second-order valence-electron chi connectivity index (χ2n) is 5.09. The molecule has 0 atom stereocenters. The number of ether oxygens (including phenoxy) is 2. The lowest BCUT2D eigenvalue weighted by molar-refractivity contribution is -0.130. The Labute approximate surface area is 121 Å². The first-order valence-electron chi connectivity index (χ1n) is 6.75. The van der Waals surface area contributed by atoms with Gasteiger partial charge in [-0.15, -0.1) is 0 Å². The Kier molecular flexibility index (Phi) is 3.39. The zero-order valence-corrected chi connectivity index (χ0v) is 11.9. The monoisotopic (exact) mass is 289 g/mol. The highest BCUT2D eigenvalue weighted by Gasteiger charge is 2.42. The highest BCUT2D eigenvalue weighted by molar-refractivity contribution is 5.38. The van der Waals surface area contributed by atoms with Gasteiger partial charge in [0.05, 0.1) is 13.2 Å². The predicted octanol–water partition coefficient (Wildman–Crippen LogP) is 2.08. The van der Waals surface area contributed by atoms with Crippen LogP contribution >= 0.6 is 0 Å². The molecule has 2 heterocycles. The molecule has 0 bridgehead atoms. The third-order valence-electron chi connectivity index (χ3n) is 3.78. The van der Waals surface area contributed by atoms with Gasteiger partial charge in [-0.05, 0) is 25.1 Å². The van der Waals surface area contributed by atoms with Gasteiger partial charge in [-0.1, -0.05) is 12.1 Å². The Morgan fingerprint density at radius 1 is 1.14 bits per heavy atom. The van der Waals surface area contributed by atoms with Crippen LogP contribution in [0, 0.1) is 12.7 Å². The zero-order valence-electron chi connectivity index (χ0n) is 11.9. The Balaban J connectivity index is 2.21. The summed E-state index contributed by atoms with van der Waals surface area (Å²) in [4.78, 5) is 12.2. The maximum Gasteiger partial charge on any atom is 0.253 e. The predicted molar refractivity (Wildman–Crippen MR) is 75.5 cm³/mol. The van der Waals surface area contributed by atoms with Gasteiger partial charge in [-0.25, -0.2) is 4.39 Å². The molecule has 4 nitrogen and oxygen atoms in total. The highest BCUT2D eigenvalue weighted by atomic mass is 19.1. The van der Waals surface area contributed by atoms with Crippen molar-refractivity contribution in [2.24, 2.45) is 7.05 Å². The normalized spacial score (nSPS) is 17.1. The fraction of sp³-hybridized carbons (Fsp3) is 0.312. The van der Waals surface area contributed by atoms with Crippen molar-refractivity contribution in [3.63, 3.8) is 0 Å². The molecule has 0 N–H and O–H groups in total. The number of halogens is 1. The minimum atomic E-state index is -1.13. The summed E-state index contributed by atoms with van der Waals surface area (Å²) in [6.07, 6.45) is 1.68. The molecule has 1 saturated heterocycles. The molecule has 5 heteroatoms. The summed E-state index contributed by atoms with van der Waals surface area (Å²) >= 11 is 0. The Morgan fingerprint density at radius 3 is 2.38 bits per heavy atom. The lowest BCUT2D eigenvalue weighted by atomic mass is 9.94. The molecule has 0 saturated carbocycles. The van der Waals surface area contributed by atoms with E-state index >= 15 is 0 Å².